The zero-order valence-electron chi connectivity index (χ0n) is 9.06. The summed E-state index contributed by atoms with van der Waals surface area (Å²) in [4.78, 5) is 9.54. The lowest BCUT2D eigenvalue weighted by Gasteiger charge is -2.13. The molecular weight excluding hydrogens is 226 g/mol. The van der Waals surface area contributed by atoms with E-state index in [1.165, 1.54) is 0 Å². The first kappa shape index (κ1) is 11.4. The summed E-state index contributed by atoms with van der Waals surface area (Å²) in [5.74, 6) is -0.119. The van der Waals surface area contributed by atoms with Gasteiger partial charge in [0.15, 0.2) is 0 Å². The van der Waals surface area contributed by atoms with Crippen LogP contribution < -0.4 is 5.32 Å². The van der Waals surface area contributed by atoms with E-state index in [0.29, 0.717) is 0 Å². The van der Waals surface area contributed by atoms with E-state index in [2.05, 4.69) is 20.3 Å². The summed E-state index contributed by atoms with van der Waals surface area (Å²) in [5.41, 5.74) is 0.966. The Hall–Kier alpha value is -2.11. The molecule has 1 atom stereocenters. The topological polar surface area (TPSA) is 50.7 Å². The fourth-order valence-corrected chi connectivity index (χ4v) is 1.41. The Morgan fingerprint density at radius 1 is 1.00 bits per heavy atom. The molecule has 4 nitrogen and oxygen atoms in total. The second kappa shape index (κ2) is 4.82. The lowest BCUT2D eigenvalue weighted by molar-refractivity contribution is 0.456. The van der Waals surface area contributed by atoms with Gasteiger partial charge in [0, 0.05) is 0 Å². The average molecular weight is 236 g/mol. The Balaban J connectivity index is 2.16. The van der Waals surface area contributed by atoms with Crippen molar-refractivity contribution in [2.24, 2.45) is 0 Å². The lowest BCUT2D eigenvalue weighted by atomic mass is 10.1. The van der Waals surface area contributed by atoms with Gasteiger partial charge in [-0.05, 0) is 12.5 Å². The molecule has 0 amide bonds. The molecule has 0 saturated heterocycles. The molecule has 6 heteroatoms. The van der Waals surface area contributed by atoms with Crippen LogP contribution in [0.15, 0.2) is 30.3 Å². The normalized spacial score (nSPS) is 12.2. The van der Waals surface area contributed by atoms with Crippen molar-refractivity contribution in [1.29, 1.82) is 0 Å². The van der Waals surface area contributed by atoms with Gasteiger partial charge in [0.2, 0.25) is 5.95 Å². The summed E-state index contributed by atoms with van der Waals surface area (Å²) in [7, 11) is 0. The molecule has 0 aliphatic rings. The number of nitrogens with zero attached hydrogens (tertiary/aromatic N) is 3. The highest BCUT2D eigenvalue weighted by Gasteiger charge is 2.09. The van der Waals surface area contributed by atoms with Crippen LogP contribution in [0, 0.1) is 12.2 Å². The Morgan fingerprint density at radius 2 is 1.59 bits per heavy atom. The monoisotopic (exact) mass is 236 g/mol. The third-order valence-corrected chi connectivity index (χ3v) is 2.23. The van der Waals surface area contributed by atoms with E-state index < -0.39 is 12.2 Å². The first-order valence-electron chi connectivity index (χ1n) is 5.03. The molecule has 0 saturated carbocycles. The maximum atomic E-state index is 12.7. The Kier molecular flexibility index (Phi) is 3.22. The Labute approximate surface area is 96.8 Å². The number of nitrogens with one attached hydrogen (secondary N) is 1. The highest BCUT2D eigenvalue weighted by molar-refractivity contribution is 5.30. The molecule has 1 aromatic carbocycles. The van der Waals surface area contributed by atoms with Crippen molar-refractivity contribution >= 4 is 5.95 Å². The average Bonchev–Trinajstić information content (AvgIpc) is 2.28. The highest BCUT2D eigenvalue weighted by Crippen LogP contribution is 2.15. The quantitative estimate of drug-likeness (QED) is 0.888. The third kappa shape index (κ3) is 2.93. The molecule has 0 fully saturated rings. The van der Waals surface area contributed by atoms with Crippen molar-refractivity contribution in [2.45, 2.75) is 13.0 Å². The summed E-state index contributed by atoms with van der Waals surface area (Å²) >= 11 is 0. The predicted octanol–water partition coefficient (Wildman–Crippen LogP) is 2.32. The van der Waals surface area contributed by atoms with E-state index in [-0.39, 0.29) is 12.0 Å². The van der Waals surface area contributed by atoms with Crippen molar-refractivity contribution in [1.82, 2.24) is 15.0 Å². The number of anilines is 1. The Bertz CT molecular complexity index is 484. The predicted molar refractivity (Wildman–Crippen MR) is 58.2 cm³/mol. The highest BCUT2D eigenvalue weighted by atomic mass is 19.1. The first-order valence-corrected chi connectivity index (χ1v) is 5.03. The van der Waals surface area contributed by atoms with E-state index in [1.807, 2.05) is 37.3 Å². The van der Waals surface area contributed by atoms with Crippen LogP contribution in [0.3, 0.4) is 0 Å². The molecule has 0 spiro atoms. The van der Waals surface area contributed by atoms with Crippen molar-refractivity contribution in [2.75, 3.05) is 5.32 Å². The molecular formula is C11H10F2N4. The molecule has 0 radical (unpaired) electrons. The summed E-state index contributed by atoms with van der Waals surface area (Å²) in [6, 6.07) is 9.28. The SMILES string of the molecule is CC(Nc1nc(F)nc(F)n1)c1ccccc1. The van der Waals surface area contributed by atoms with Gasteiger partial charge < -0.3 is 5.32 Å². The minimum Gasteiger partial charge on any atom is -0.347 e. The van der Waals surface area contributed by atoms with Crippen LogP contribution in [0.5, 0.6) is 0 Å². The molecule has 0 aliphatic heterocycles. The van der Waals surface area contributed by atoms with Gasteiger partial charge in [-0.15, -0.1) is 0 Å². The van der Waals surface area contributed by atoms with Gasteiger partial charge in [0.05, 0.1) is 6.04 Å². The maximum Gasteiger partial charge on any atom is 0.315 e. The smallest absolute Gasteiger partial charge is 0.315 e. The number of hydrogen-bond donors (Lipinski definition) is 1. The second-order valence-electron chi connectivity index (χ2n) is 3.47. The van der Waals surface area contributed by atoms with Crippen molar-refractivity contribution in [3.63, 3.8) is 0 Å². The van der Waals surface area contributed by atoms with Crippen molar-refractivity contribution in [3.8, 4) is 0 Å². The zero-order chi connectivity index (χ0) is 12.3. The summed E-state index contributed by atoms with van der Waals surface area (Å²) in [6.45, 7) is 1.84. The van der Waals surface area contributed by atoms with Gasteiger partial charge in [-0.1, -0.05) is 30.3 Å². The van der Waals surface area contributed by atoms with E-state index in [0.717, 1.165) is 5.56 Å². The van der Waals surface area contributed by atoms with E-state index in [4.69, 9.17) is 0 Å². The summed E-state index contributed by atoms with van der Waals surface area (Å²) < 4.78 is 25.5. The van der Waals surface area contributed by atoms with Crippen LogP contribution in [0.4, 0.5) is 14.7 Å². The number of rotatable bonds is 3. The summed E-state index contributed by atoms with van der Waals surface area (Å²) in [5, 5.41) is 2.80. The number of benzene rings is 1. The van der Waals surface area contributed by atoms with Crippen LogP contribution in [-0.4, -0.2) is 15.0 Å². The second-order valence-corrected chi connectivity index (χ2v) is 3.47. The molecule has 1 N–H and O–H groups in total. The molecule has 1 unspecified atom stereocenters. The van der Waals surface area contributed by atoms with Gasteiger partial charge in [0.1, 0.15) is 0 Å². The lowest BCUT2D eigenvalue weighted by Crippen LogP contribution is -2.12. The van der Waals surface area contributed by atoms with Crippen LogP contribution >= 0.6 is 0 Å². The molecule has 1 heterocycles. The van der Waals surface area contributed by atoms with Gasteiger partial charge in [-0.3, -0.25) is 0 Å². The van der Waals surface area contributed by atoms with Crippen LogP contribution in [-0.2, 0) is 0 Å². The number of aromatic nitrogens is 3. The maximum absolute atomic E-state index is 12.7. The molecule has 2 aromatic rings. The minimum absolute atomic E-state index is 0.119. The van der Waals surface area contributed by atoms with Crippen LogP contribution in [0.1, 0.15) is 18.5 Å². The van der Waals surface area contributed by atoms with Crippen LogP contribution in [0.25, 0.3) is 0 Å². The van der Waals surface area contributed by atoms with Gasteiger partial charge in [-0.25, -0.2) is 0 Å². The van der Waals surface area contributed by atoms with Crippen molar-refractivity contribution in [3.05, 3.63) is 48.1 Å². The largest absolute Gasteiger partial charge is 0.347 e. The Morgan fingerprint density at radius 3 is 2.18 bits per heavy atom. The molecule has 88 valence electrons. The van der Waals surface area contributed by atoms with Crippen LogP contribution in [0.2, 0.25) is 0 Å². The fraction of sp³-hybridized carbons (Fsp3) is 0.182. The molecule has 0 aliphatic carbocycles. The first-order chi connectivity index (χ1) is 8.15. The van der Waals surface area contributed by atoms with Gasteiger partial charge in [-0.2, -0.15) is 23.7 Å². The molecule has 0 bridgehead atoms. The van der Waals surface area contributed by atoms with E-state index in [1.54, 1.807) is 0 Å². The number of hydrogen-bond acceptors (Lipinski definition) is 4. The third-order valence-electron chi connectivity index (χ3n) is 2.23. The van der Waals surface area contributed by atoms with Crippen molar-refractivity contribution < 1.29 is 8.78 Å². The molecule has 1 aromatic heterocycles. The van der Waals surface area contributed by atoms with Gasteiger partial charge in [0.25, 0.3) is 0 Å². The summed E-state index contributed by atoms with van der Waals surface area (Å²) in [6.07, 6.45) is -2.28. The molecule has 2 rings (SSSR count). The zero-order valence-corrected chi connectivity index (χ0v) is 9.06. The number of halogens is 2. The van der Waals surface area contributed by atoms with E-state index in [9.17, 15) is 8.78 Å². The van der Waals surface area contributed by atoms with E-state index >= 15 is 0 Å². The minimum atomic E-state index is -1.14. The standard InChI is InChI=1S/C11H10F2N4/c1-7(8-5-3-2-4-6-8)14-11-16-9(12)15-10(13)17-11/h2-7H,1H3,(H,14,15,16,17). The fourth-order valence-electron chi connectivity index (χ4n) is 1.41. The molecule has 17 heavy (non-hydrogen) atoms. The van der Waals surface area contributed by atoms with Gasteiger partial charge >= 0.3 is 12.2 Å².